The van der Waals surface area contributed by atoms with Crippen molar-refractivity contribution in [2.45, 2.75) is 6.92 Å². The second-order valence-electron chi connectivity index (χ2n) is 4.85. The molecule has 0 atom stereocenters. The predicted octanol–water partition coefficient (Wildman–Crippen LogP) is 3.61. The first kappa shape index (κ1) is 13.9. The standard InChI is InChI=1S/C17H14N2O3/c1-11-13(8-5-9-15(11)20)14-10-22-19-16(14)18-17(21)12-6-3-2-4-7-12/h2-10,20H,1H3,(H,18,19,21). The number of nitrogens with zero attached hydrogens (tertiary/aromatic N) is 1. The van der Waals surface area contributed by atoms with Crippen LogP contribution in [-0.2, 0) is 0 Å². The van der Waals surface area contributed by atoms with Gasteiger partial charge >= 0.3 is 0 Å². The molecular weight excluding hydrogens is 280 g/mol. The van der Waals surface area contributed by atoms with Crippen LogP contribution in [0.5, 0.6) is 5.75 Å². The molecule has 3 aromatic rings. The maximum atomic E-state index is 12.2. The highest BCUT2D eigenvalue weighted by molar-refractivity contribution is 6.05. The molecule has 1 aromatic heterocycles. The zero-order valence-electron chi connectivity index (χ0n) is 11.9. The Morgan fingerprint density at radius 1 is 1.09 bits per heavy atom. The zero-order chi connectivity index (χ0) is 15.5. The van der Waals surface area contributed by atoms with E-state index >= 15 is 0 Å². The van der Waals surface area contributed by atoms with E-state index in [0.29, 0.717) is 22.5 Å². The molecule has 2 aromatic carbocycles. The molecule has 0 unspecified atom stereocenters. The van der Waals surface area contributed by atoms with Crippen molar-refractivity contribution in [1.29, 1.82) is 0 Å². The van der Waals surface area contributed by atoms with Crippen LogP contribution in [0.25, 0.3) is 11.1 Å². The predicted molar refractivity (Wildman–Crippen MR) is 82.7 cm³/mol. The maximum Gasteiger partial charge on any atom is 0.256 e. The van der Waals surface area contributed by atoms with Crippen LogP contribution in [0.15, 0.2) is 59.3 Å². The number of rotatable bonds is 3. The van der Waals surface area contributed by atoms with E-state index in [9.17, 15) is 9.90 Å². The number of phenolic OH excluding ortho intramolecular Hbond substituents is 1. The highest BCUT2D eigenvalue weighted by atomic mass is 16.5. The average molecular weight is 294 g/mol. The minimum atomic E-state index is -0.270. The third-order valence-electron chi connectivity index (χ3n) is 3.43. The topological polar surface area (TPSA) is 75.4 Å². The van der Waals surface area contributed by atoms with E-state index in [-0.39, 0.29) is 11.7 Å². The molecule has 0 saturated carbocycles. The van der Waals surface area contributed by atoms with Gasteiger partial charge in [0.05, 0.1) is 5.56 Å². The van der Waals surface area contributed by atoms with Crippen LogP contribution >= 0.6 is 0 Å². The Balaban J connectivity index is 1.93. The molecule has 0 aliphatic rings. The molecule has 0 aliphatic heterocycles. The molecule has 5 heteroatoms. The summed E-state index contributed by atoms with van der Waals surface area (Å²) in [5, 5.41) is 16.4. The summed E-state index contributed by atoms with van der Waals surface area (Å²) in [4.78, 5) is 12.2. The van der Waals surface area contributed by atoms with E-state index in [2.05, 4.69) is 10.5 Å². The fourth-order valence-electron chi connectivity index (χ4n) is 2.20. The Bertz CT molecular complexity index is 810. The quantitative estimate of drug-likeness (QED) is 0.773. The molecular formula is C17H14N2O3. The van der Waals surface area contributed by atoms with E-state index in [1.54, 1.807) is 43.3 Å². The van der Waals surface area contributed by atoms with Gasteiger partial charge in [0.2, 0.25) is 0 Å². The SMILES string of the molecule is Cc1c(O)cccc1-c1conc1NC(=O)c1ccccc1. The maximum absolute atomic E-state index is 12.2. The summed E-state index contributed by atoms with van der Waals surface area (Å²) < 4.78 is 4.99. The Kier molecular flexibility index (Phi) is 3.62. The van der Waals surface area contributed by atoms with Gasteiger partial charge in [0.15, 0.2) is 5.82 Å². The number of hydrogen-bond acceptors (Lipinski definition) is 4. The summed E-state index contributed by atoms with van der Waals surface area (Å²) in [5.74, 6) is 0.232. The van der Waals surface area contributed by atoms with Crippen molar-refractivity contribution in [1.82, 2.24) is 5.16 Å². The van der Waals surface area contributed by atoms with Crippen LogP contribution in [0.3, 0.4) is 0 Å². The van der Waals surface area contributed by atoms with Crippen molar-refractivity contribution in [3.63, 3.8) is 0 Å². The zero-order valence-corrected chi connectivity index (χ0v) is 11.9. The first-order valence-corrected chi connectivity index (χ1v) is 6.76. The van der Waals surface area contributed by atoms with E-state index in [1.807, 2.05) is 12.1 Å². The number of carbonyl (C=O) groups excluding carboxylic acids is 1. The van der Waals surface area contributed by atoms with E-state index in [4.69, 9.17) is 4.52 Å². The Morgan fingerprint density at radius 3 is 2.64 bits per heavy atom. The Morgan fingerprint density at radius 2 is 1.86 bits per heavy atom. The molecule has 22 heavy (non-hydrogen) atoms. The van der Waals surface area contributed by atoms with Gasteiger partial charge in [0, 0.05) is 5.56 Å². The number of nitrogens with one attached hydrogen (secondary N) is 1. The first-order chi connectivity index (χ1) is 10.7. The Hall–Kier alpha value is -3.08. The van der Waals surface area contributed by atoms with Crippen molar-refractivity contribution in [3.05, 3.63) is 65.9 Å². The van der Waals surface area contributed by atoms with Gasteiger partial charge in [0.25, 0.3) is 5.91 Å². The number of amides is 1. The van der Waals surface area contributed by atoms with Crippen molar-refractivity contribution >= 4 is 11.7 Å². The van der Waals surface area contributed by atoms with Crippen molar-refractivity contribution < 1.29 is 14.4 Å². The second kappa shape index (κ2) is 5.73. The van der Waals surface area contributed by atoms with Crippen molar-refractivity contribution in [3.8, 4) is 16.9 Å². The number of carbonyl (C=O) groups is 1. The average Bonchev–Trinajstić information content (AvgIpc) is 2.99. The molecule has 110 valence electrons. The molecule has 0 fully saturated rings. The lowest BCUT2D eigenvalue weighted by molar-refractivity contribution is 0.102. The van der Waals surface area contributed by atoms with Gasteiger partial charge < -0.3 is 14.9 Å². The lowest BCUT2D eigenvalue weighted by Gasteiger charge is -2.08. The molecule has 3 rings (SSSR count). The lowest BCUT2D eigenvalue weighted by atomic mass is 10.0. The number of anilines is 1. The smallest absolute Gasteiger partial charge is 0.256 e. The van der Waals surface area contributed by atoms with Crippen LogP contribution in [-0.4, -0.2) is 16.2 Å². The molecule has 0 bridgehead atoms. The summed E-state index contributed by atoms with van der Waals surface area (Å²) >= 11 is 0. The van der Waals surface area contributed by atoms with Gasteiger partial charge in [-0.2, -0.15) is 0 Å². The fourth-order valence-corrected chi connectivity index (χ4v) is 2.20. The number of hydrogen-bond donors (Lipinski definition) is 2. The molecule has 1 heterocycles. The van der Waals surface area contributed by atoms with Gasteiger partial charge in [-0.3, -0.25) is 4.79 Å². The number of phenols is 1. The van der Waals surface area contributed by atoms with E-state index < -0.39 is 0 Å². The molecule has 5 nitrogen and oxygen atoms in total. The van der Waals surface area contributed by atoms with Crippen molar-refractivity contribution in [2.24, 2.45) is 0 Å². The minimum absolute atomic E-state index is 0.180. The summed E-state index contributed by atoms with van der Waals surface area (Å²) in [5.41, 5.74) is 2.60. The van der Waals surface area contributed by atoms with Crippen LogP contribution in [0.4, 0.5) is 5.82 Å². The lowest BCUT2D eigenvalue weighted by Crippen LogP contribution is -2.12. The molecule has 0 aliphatic carbocycles. The third kappa shape index (κ3) is 2.56. The summed E-state index contributed by atoms with van der Waals surface area (Å²) in [6.45, 7) is 1.79. The molecule has 0 radical (unpaired) electrons. The Labute approximate surface area is 127 Å². The second-order valence-corrected chi connectivity index (χ2v) is 4.85. The highest BCUT2D eigenvalue weighted by Gasteiger charge is 2.16. The van der Waals surface area contributed by atoms with Gasteiger partial charge in [-0.1, -0.05) is 35.5 Å². The van der Waals surface area contributed by atoms with Gasteiger partial charge in [-0.15, -0.1) is 0 Å². The normalized spacial score (nSPS) is 10.4. The molecule has 0 spiro atoms. The van der Waals surface area contributed by atoms with Gasteiger partial charge in [-0.05, 0) is 36.2 Å². The van der Waals surface area contributed by atoms with Crippen LogP contribution in [0.2, 0.25) is 0 Å². The fraction of sp³-hybridized carbons (Fsp3) is 0.0588. The van der Waals surface area contributed by atoms with E-state index in [0.717, 1.165) is 5.56 Å². The molecule has 2 N–H and O–H groups in total. The van der Waals surface area contributed by atoms with Crippen molar-refractivity contribution in [2.75, 3.05) is 5.32 Å². The van der Waals surface area contributed by atoms with Crippen LogP contribution in [0.1, 0.15) is 15.9 Å². The van der Waals surface area contributed by atoms with Crippen LogP contribution < -0.4 is 5.32 Å². The number of aromatic hydroxyl groups is 1. The van der Waals surface area contributed by atoms with Gasteiger partial charge in [-0.25, -0.2) is 0 Å². The summed E-state index contributed by atoms with van der Waals surface area (Å²) in [6.07, 6.45) is 1.45. The minimum Gasteiger partial charge on any atom is -0.508 e. The van der Waals surface area contributed by atoms with Crippen LogP contribution in [0, 0.1) is 6.92 Å². The summed E-state index contributed by atoms with van der Waals surface area (Å²) in [7, 11) is 0. The largest absolute Gasteiger partial charge is 0.508 e. The van der Waals surface area contributed by atoms with Gasteiger partial charge in [0.1, 0.15) is 12.0 Å². The highest BCUT2D eigenvalue weighted by Crippen LogP contribution is 2.33. The summed E-state index contributed by atoms with van der Waals surface area (Å²) in [6, 6.07) is 14.0. The monoisotopic (exact) mass is 294 g/mol. The number of benzene rings is 2. The van der Waals surface area contributed by atoms with E-state index in [1.165, 1.54) is 6.26 Å². The third-order valence-corrected chi connectivity index (χ3v) is 3.43. The molecule has 0 saturated heterocycles. The molecule has 1 amide bonds. The number of aromatic nitrogens is 1. The first-order valence-electron chi connectivity index (χ1n) is 6.76.